The summed E-state index contributed by atoms with van der Waals surface area (Å²) in [6, 6.07) is 7.80. The predicted octanol–water partition coefficient (Wildman–Crippen LogP) is 2.20. The maximum absolute atomic E-state index is 11.3. The summed E-state index contributed by atoms with van der Waals surface area (Å²) in [6.45, 7) is 1.55. The van der Waals surface area contributed by atoms with Crippen LogP contribution in [0.2, 0.25) is 0 Å². The summed E-state index contributed by atoms with van der Waals surface area (Å²) in [5.41, 5.74) is 9.22. The van der Waals surface area contributed by atoms with Crippen molar-refractivity contribution in [3.63, 3.8) is 0 Å². The van der Waals surface area contributed by atoms with Gasteiger partial charge in [-0.15, -0.1) is 0 Å². The molecule has 1 aliphatic rings. The highest BCUT2D eigenvalue weighted by Crippen LogP contribution is 2.42. The molecule has 7 nitrogen and oxygen atoms in total. The molecule has 0 fully saturated rings. The van der Waals surface area contributed by atoms with Crippen LogP contribution in [-0.2, 0) is 17.8 Å². The average Bonchev–Trinajstić information content (AvgIpc) is 2.70. The summed E-state index contributed by atoms with van der Waals surface area (Å²) < 4.78 is 11.0. The molecule has 1 aliphatic heterocycles. The number of ether oxygens (including phenoxy) is 2. The first-order valence-electron chi connectivity index (χ1n) is 8.76. The Balaban J connectivity index is 2.30. The van der Waals surface area contributed by atoms with Crippen molar-refractivity contribution in [2.45, 2.75) is 18.0 Å². The second-order valence-electron chi connectivity index (χ2n) is 6.51. The van der Waals surface area contributed by atoms with Gasteiger partial charge in [-0.1, -0.05) is 11.8 Å². The molecular formula is C20H22N4O3S. The zero-order chi connectivity index (χ0) is 20.3. The van der Waals surface area contributed by atoms with Crippen molar-refractivity contribution in [2.24, 2.45) is 5.73 Å². The van der Waals surface area contributed by atoms with Crippen LogP contribution < -0.4 is 15.2 Å². The van der Waals surface area contributed by atoms with Gasteiger partial charge in [-0.3, -0.25) is 4.79 Å². The summed E-state index contributed by atoms with van der Waals surface area (Å²) >= 11 is 1.19. The first-order valence-corrected chi connectivity index (χ1v) is 9.75. The summed E-state index contributed by atoms with van der Waals surface area (Å²) in [7, 11) is 5.23. The zero-order valence-electron chi connectivity index (χ0n) is 16.1. The number of likely N-dealkylation sites (N-methyl/N-ethyl adjacent to an activating group) is 1. The molecule has 146 valence electrons. The molecule has 1 amide bonds. The van der Waals surface area contributed by atoms with Crippen LogP contribution in [-0.4, -0.2) is 49.4 Å². The van der Waals surface area contributed by atoms with Gasteiger partial charge < -0.3 is 20.1 Å². The summed E-state index contributed by atoms with van der Waals surface area (Å²) in [5, 5.41) is 10.5. The van der Waals surface area contributed by atoms with Gasteiger partial charge in [0, 0.05) is 36.3 Å². The fourth-order valence-electron chi connectivity index (χ4n) is 3.33. The molecule has 28 heavy (non-hydrogen) atoms. The highest BCUT2D eigenvalue weighted by atomic mass is 32.2. The molecule has 8 heteroatoms. The lowest BCUT2D eigenvalue weighted by Crippen LogP contribution is -2.28. The number of pyridine rings is 1. The maximum Gasteiger partial charge on any atom is 0.227 e. The molecule has 0 spiro atoms. The van der Waals surface area contributed by atoms with E-state index in [-0.39, 0.29) is 5.75 Å². The second-order valence-corrected chi connectivity index (χ2v) is 7.48. The van der Waals surface area contributed by atoms with E-state index >= 15 is 0 Å². The van der Waals surface area contributed by atoms with E-state index < -0.39 is 5.91 Å². The van der Waals surface area contributed by atoms with Gasteiger partial charge in [0.15, 0.2) is 0 Å². The van der Waals surface area contributed by atoms with Gasteiger partial charge in [0.1, 0.15) is 22.6 Å². The van der Waals surface area contributed by atoms with E-state index in [4.69, 9.17) is 20.2 Å². The molecule has 0 unspecified atom stereocenters. The Labute approximate surface area is 168 Å². The normalized spacial score (nSPS) is 13.5. The molecule has 1 aromatic carbocycles. The number of nitrogens with two attached hydrogens (primary N) is 1. The van der Waals surface area contributed by atoms with Crippen LogP contribution >= 0.6 is 11.8 Å². The minimum atomic E-state index is -0.450. The Hall–Kier alpha value is -2.76. The number of aromatic nitrogens is 1. The van der Waals surface area contributed by atoms with E-state index in [0.29, 0.717) is 28.6 Å². The third-order valence-corrected chi connectivity index (χ3v) is 5.65. The molecule has 0 atom stereocenters. The number of thioether (sulfide) groups is 1. The fraction of sp³-hybridized carbons (Fsp3) is 0.350. The number of carbonyl (C=O) groups excluding carboxylic acids is 1. The summed E-state index contributed by atoms with van der Waals surface area (Å²) in [4.78, 5) is 18.2. The van der Waals surface area contributed by atoms with E-state index in [1.165, 1.54) is 11.8 Å². The van der Waals surface area contributed by atoms with Crippen LogP contribution in [0.4, 0.5) is 0 Å². The number of hydrogen-bond acceptors (Lipinski definition) is 7. The number of benzene rings is 1. The van der Waals surface area contributed by atoms with Crippen molar-refractivity contribution in [3.8, 4) is 28.7 Å². The van der Waals surface area contributed by atoms with Crippen LogP contribution in [0, 0.1) is 11.3 Å². The second kappa shape index (κ2) is 8.50. The Bertz CT molecular complexity index is 955. The van der Waals surface area contributed by atoms with Gasteiger partial charge in [-0.2, -0.15) is 5.26 Å². The standard InChI is InChI=1S/C20H22N4O3S/c1-24-7-6-16-15(10-24)19(13-8-12(26-2)4-5-17(13)27-3)14(9-21)20(23-16)28-11-18(22)25/h4-5,8H,6-7,10-11H2,1-3H3,(H2,22,25). The van der Waals surface area contributed by atoms with E-state index in [0.717, 1.165) is 35.3 Å². The number of rotatable bonds is 6. The molecule has 0 saturated heterocycles. The molecule has 3 rings (SSSR count). The van der Waals surface area contributed by atoms with E-state index in [1.807, 2.05) is 25.2 Å². The quantitative estimate of drug-likeness (QED) is 0.744. The first kappa shape index (κ1) is 20.0. The van der Waals surface area contributed by atoms with Gasteiger partial charge in [0.05, 0.1) is 25.5 Å². The third-order valence-electron chi connectivity index (χ3n) is 4.65. The molecule has 0 bridgehead atoms. The van der Waals surface area contributed by atoms with Gasteiger partial charge in [0.2, 0.25) is 5.91 Å². The molecule has 0 saturated carbocycles. The van der Waals surface area contributed by atoms with E-state index in [1.54, 1.807) is 14.2 Å². The van der Waals surface area contributed by atoms with Crippen LogP contribution in [0.25, 0.3) is 11.1 Å². The van der Waals surface area contributed by atoms with Crippen LogP contribution in [0.3, 0.4) is 0 Å². The molecular weight excluding hydrogens is 376 g/mol. The molecule has 2 heterocycles. The smallest absolute Gasteiger partial charge is 0.227 e. The molecule has 2 aromatic rings. The first-order chi connectivity index (χ1) is 13.5. The van der Waals surface area contributed by atoms with Crippen molar-refractivity contribution < 1.29 is 14.3 Å². The van der Waals surface area contributed by atoms with Crippen LogP contribution in [0.1, 0.15) is 16.8 Å². The average molecular weight is 398 g/mol. The molecule has 0 radical (unpaired) electrons. The maximum atomic E-state index is 11.3. The Morgan fingerprint density at radius 1 is 1.39 bits per heavy atom. The zero-order valence-corrected chi connectivity index (χ0v) is 16.9. The number of nitriles is 1. The van der Waals surface area contributed by atoms with Crippen molar-refractivity contribution in [2.75, 3.05) is 33.6 Å². The van der Waals surface area contributed by atoms with E-state index in [2.05, 4.69) is 11.0 Å². The fourth-order valence-corrected chi connectivity index (χ4v) is 4.07. The highest BCUT2D eigenvalue weighted by molar-refractivity contribution is 8.00. The number of methoxy groups -OCH3 is 2. The molecule has 2 N–H and O–H groups in total. The monoisotopic (exact) mass is 398 g/mol. The van der Waals surface area contributed by atoms with Crippen molar-refractivity contribution in [1.29, 1.82) is 5.26 Å². The van der Waals surface area contributed by atoms with Gasteiger partial charge in [-0.25, -0.2) is 4.98 Å². The number of carbonyl (C=O) groups is 1. The van der Waals surface area contributed by atoms with Crippen LogP contribution in [0.5, 0.6) is 11.5 Å². The largest absolute Gasteiger partial charge is 0.497 e. The lowest BCUT2D eigenvalue weighted by Gasteiger charge is -2.28. The Kier molecular flexibility index (Phi) is 6.07. The predicted molar refractivity (Wildman–Crippen MR) is 107 cm³/mol. The summed E-state index contributed by atoms with van der Waals surface area (Å²) in [5.74, 6) is 0.925. The Morgan fingerprint density at radius 2 is 2.18 bits per heavy atom. The summed E-state index contributed by atoms with van der Waals surface area (Å²) in [6.07, 6.45) is 0.765. The number of amides is 1. The van der Waals surface area contributed by atoms with Crippen LogP contribution in [0.15, 0.2) is 23.2 Å². The van der Waals surface area contributed by atoms with Gasteiger partial charge >= 0.3 is 0 Å². The third kappa shape index (κ3) is 3.91. The number of fused-ring (bicyclic) bond motifs is 1. The number of primary amides is 1. The van der Waals surface area contributed by atoms with E-state index in [9.17, 15) is 10.1 Å². The number of hydrogen-bond donors (Lipinski definition) is 1. The van der Waals surface area contributed by atoms with Gasteiger partial charge in [-0.05, 0) is 30.8 Å². The minimum absolute atomic E-state index is 0.0645. The molecule has 0 aliphatic carbocycles. The topological polar surface area (TPSA) is 101 Å². The minimum Gasteiger partial charge on any atom is -0.497 e. The number of nitrogens with zero attached hydrogens (tertiary/aromatic N) is 3. The van der Waals surface area contributed by atoms with Gasteiger partial charge in [0.25, 0.3) is 0 Å². The lowest BCUT2D eigenvalue weighted by molar-refractivity contribution is -0.115. The van der Waals surface area contributed by atoms with Crippen molar-refractivity contribution >= 4 is 17.7 Å². The SMILES string of the molecule is COc1ccc(OC)c(-c2c(C#N)c(SCC(N)=O)nc3c2CN(C)CC3)c1. The lowest BCUT2D eigenvalue weighted by atomic mass is 9.91. The molecule has 1 aromatic heterocycles. The Morgan fingerprint density at radius 3 is 2.82 bits per heavy atom. The van der Waals surface area contributed by atoms with Crippen molar-refractivity contribution in [1.82, 2.24) is 9.88 Å². The highest BCUT2D eigenvalue weighted by Gasteiger charge is 2.27. The van der Waals surface area contributed by atoms with Crippen molar-refractivity contribution in [3.05, 3.63) is 35.0 Å².